The van der Waals surface area contributed by atoms with Crippen molar-refractivity contribution in [3.63, 3.8) is 0 Å². The van der Waals surface area contributed by atoms with Gasteiger partial charge in [0.25, 0.3) is 0 Å². The molecule has 0 unspecified atom stereocenters. The van der Waals surface area contributed by atoms with Crippen molar-refractivity contribution in [3.05, 3.63) is 93.6 Å². The Morgan fingerprint density at radius 1 is 0.927 bits per heavy atom. The number of aromatic hydroxyl groups is 1. The van der Waals surface area contributed by atoms with E-state index in [0.29, 0.717) is 33.1 Å². The molecule has 0 bridgehead atoms. The molecule has 0 saturated heterocycles. The average molecular weight is 577 g/mol. The molecule has 0 saturated carbocycles. The number of hydrogen-bond donors (Lipinski definition) is 3. The summed E-state index contributed by atoms with van der Waals surface area (Å²) in [7, 11) is 1.73. The van der Waals surface area contributed by atoms with E-state index in [4.69, 9.17) is 26.1 Å². The Hall–Kier alpha value is -4.70. The van der Waals surface area contributed by atoms with Gasteiger partial charge in [0.05, 0.1) is 0 Å². The Balaban J connectivity index is 1.44. The van der Waals surface area contributed by atoms with Gasteiger partial charge in [-0.05, 0) is 67.0 Å². The molecule has 0 amide bonds. The number of halogens is 2. The van der Waals surface area contributed by atoms with Crippen LogP contribution in [0.2, 0.25) is 0 Å². The molecule has 2 aliphatic rings. The first-order chi connectivity index (χ1) is 19.6. The number of hydrogen-bond acceptors (Lipinski definition) is 6. The normalized spacial score (nSPS) is 11.0. The summed E-state index contributed by atoms with van der Waals surface area (Å²) in [5.74, 6) is -1.11. The van der Waals surface area contributed by atoms with Crippen LogP contribution in [0, 0.1) is 25.5 Å². The lowest BCUT2D eigenvalue weighted by molar-refractivity contribution is 0.215. The van der Waals surface area contributed by atoms with Crippen LogP contribution < -0.4 is 25.5 Å². The van der Waals surface area contributed by atoms with E-state index in [1.165, 1.54) is 0 Å². The summed E-state index contributed by atoms with van der Waals surface area (Å²) in [6.45, 7) is 4.29. The Bertz CT molecular complexity index is 1820. The average Bonchev–Trinajstić information content (AvgIpc) is 2.94. The maximum absolute atomic E-state index is 14.4. The molecule has 1 aliphatic carbocycles. The topological polar surface area (TPSA) is 93.0 Å². The number of ether oxygens (including phenoxy) is 2. The van der Waals surface area contributed by atoms with Gasteiger partial charge in [-0.15, -0.1) is 0 Å². The van der Waals surface area contributed by atoms with E-state index in [0.717, 1.165) is 41.1 Å². The van der Waals surface area contributed by atoms with Gasteiger partial charge < -0.3 is 29.6 Å². The number of phenols is 1. The molecular weight excluding hydrogens is 550 g/mol. The van der Waals surface area contributed by atoms with Crippen LogP contribution in [0.1, 0.15) is 11.1 Å². The predicted molar refractivity (Wildman–Crippen MR) is 158 cm³/mol. The van der Waals surface area contributed by atoms with E-state index in [-0.39, 0.29) is 30.1 Å². The van der Waals surface area contributed by atoms with Crippen molar-refractivity contribution in [1.82, 2.24) is 5.32 Å². The fourth-order valence-electron chi connectivity index (χ4n) is 4.45. The molecule has 0 fully saturated rings. The summed E-state index contributed by atoms with van der Waals surface area (Å²) in [4.78, 5) is 12.0. The molecular formula is C31H26F2N2O5S. The molecule has 1 heterocycles. The number of phenolic OH excluding ortho intramolecular Hbond substituents is 1. The summed E-state index contributed by atoms with van der Waals surface area (Å²) in [6.07, 6.45) is 0. The van der Waals surface area contributed by atoms with Gasteiger partial charge in [0.15, 0.2) is 22.5 Å². The van der Waals surface area contributed by atoms with Crippen molar-refractivity contribution in [1.29, 1.82) is 0 Å². The molecule has 3 aromatic rings. The molecule has 210 valence electrons. The second-order valence-corrected chi connectivity index (χ2v) is 9.83. The van der Waals surface area contributed by atoms with Gasteiger partial charge in [-0.3, -0.25) is 4.79 Å². The minimum atomic E-state index is -0.962. The Morgan fingerprint density at radius 2 is 1.61 bits per heavy atom. The molecule has 5 rings (SSSR count). The molecule has 41 heavy (non-hydrogen) atoms. The van der Waals surface area contributed by atoms with E-state index < -0.39 is 22.8 Å². The van der Waals surface area contributed by atoms with Crippen LogP contribution in [-0.4, -0.2) is 30.5 Å². The van der Waals surface area contributed by atoms with Crippen LogP contribution in [-0.2, 0) is 0 Å². The second-order valence-electron chi connectivity index (χ2n) is 9.42. The smallest absolute Gasteiger partial charge is 0.217 e. The van der Waals surface area contributed by atoms with Crippen molar-refractivity contribution in [3.8, 4) is 39.7 Å². The molecule has 0 aromatic heterocycles. The minimum absolute atomic E-state index is 0.101. The number of rotatable bonds is 7. The Kier molecular flexibility index (Phi) is 7.76. The maximum Gasteiger partial charge on any atom is 0.217 e. The lowest BCUT2D eigenvalue weighted by atomic mass is 9.92. The van der Waals surface area contributed by atoms with E-state index in [2.05, 4.69) is 10.6 Å². The molecule has 0 spiro atoms. The summed E-state index contributed by atoms with van der Waals surface area (Å²) in [5, 5.41) is 16.6. The number of nitrogens with one attached hydrogen (secondary N) is 2. The number of thiocarbonyl (C=S) groups is 1. The number of aryl methyl sites for hydroxylation is 2. The highest BCUT2D eigenvalue weighted by Gasteiger charge is 2.21. The maximum atomic E-state index is 14.4. The van der Waals surface area contributed by atoms with Crippen molar-refractivity contribution in [2.24, 2.45) is 0 Å². The largest absolute Gasteiger partial charge is 0.505 e. The fourth-order valence-corrected chi connectivity index (χ4v) is 4.57. The second kappa shape index (κ2) is 11.4. The molecule has 0 radical (unpaired) electrons. The zero-order chi connectivity index (χ0) is 29.3. The van der Waals surface area contributed by atoms with Crippen molar-refractivity contribution in [2.45, 2.75) is 13.8 Å². The van der Waals surface area contributed by atoms with Crippen LogP contribution in [0.5, 0.6) is 17.2 Å². The first-order valence-corrected chi connectivity index (χ1v) is 13.1. The van der Waals surface area contributed by atoms with Crippen LogP contribution in [0.15, 0.2) is 69.9 Å². The fraction of sp³-hybridized carbons (Fsp3) is 0.161. The highest BCUT2D eigenvalue weighted by molar-refractivity contribution is 7.80. The predicted octanol–water partition coefficient (Wildman–Crippen LogP) is 6.54. The SMILES string of the molecule is CNC(=S)Nc1ccc(C)c(OCCOc2cc(-c3c4cc(F)c(=O)cc-4oc4cc(O)c(F)cc34)ccc2C)c1. The summed E-state index contributed by atoms with van der Waals surface area (Å²) >= 11 is 5.16. The van der Waals surface area contributed by atoms with Crippen molar-refractivity contribution in [2.75, 3.05) is 25.6 Å². The molecule has 1 aliphatic heterocycles. The van der Waals surface area contributed by atoms with Gasteiger partial charge in [-0.25, -0.2) is 8.78 Å². The Labute approximate surface area is 239 Å². The first-order valence-electron chi connectivity index (χ1n) is 12.7. The number of benzene rings is 4. The zero-order valence-corrected chi connectivity index (χ0v) is 23.2. The standard InChI is InChI=1S/C31H26F2N2O5S/c1-16-4-6-18(10-26(16)38-8-9-39-27-11-19(7-5-17(27)2)35-31(41)34-3)30-20-12-22(32)24(36)14-28(20)40-29-15-25(37)23(33)13-21(29)30/h4-7,10-15,36H,8-9H2,1-3H3,(H2,34,35,41). The van der Waals surface area contributed by atoms with Crippen molar-refractivity contribution >= 4 is 34.0 Å². The monoisotopic (exact) mass is 576 g/mol. The Morgan fingerprint density at radius 3 is 2.32 bits per heavy atom. The van der Waals surface area contributed by atoms with E-state index in [9.17, 15) is 18.7 Å². The molecule has 10 heteroatoms. The third kappa shape index (κ3) is 5.78. The van der Waals surface area contributed by atoms with Gasteiger partial charge in [-0.1, -0.05) is 18.2 Å². The quantitative estimate of drug-likeness (QED) is 0.114. The van der Waals surface area contributed by atoms with Crippen molar-refractivity contribution < 1.29 is 27.8 Å². The first kappa shape index (κ1) is 27.9. The van der Waals surface area contributed by atoms with Gasteiger partial charge in [0.1, 0.15) is 36.1 Å². The molecule has 3 N–H and O–H groups in total. The van der Waals surface area contributed by atoms with Crippen LogP contribution in [0.25, 0.3) is 33.4 Å². The molecule has 3 aromatic carbocycles. The van der Waals surface area contributed by atoms with Crippen LogP contribution in [0.3, 0.4) is 0 Å². The van der Waals surface area contributed by atoms with Gasteiger partial charge in [-0.2, -0.15) is 0 Å². The minimum Gasteiger partial charge on any atom is -0.505 e. The lowest BCUT2D eigenvalue weighted by Crippen LogP contribution is -2.24. The van der Waals surface area contributed by atoms with Gasteiger partial charge >= 0.3 is 0 Å². The van der Waals surface area contributed by atoms with E-state index in [1.807, 2.05) is 38.1 Å². The molecule has 7 nitrogen and oxygen atoms in total. The lowest BCUT2D eigenvalue weighted by Gasteiger charge is -2.17. The third-order valence-electron chi connectivity index (χ3n) is 6.59. The van der Waals surface area contributed by atoms with E-state index >= 15 is 0 Å². The summed E-state index contributed by atoms with van der Waals surface area (Å²) in [6, 6.07) is 15.4. The summed E-state index contributed by atoms with van der Waals surface area (Å²) in [5.41, 5.74) is 3.15. The third-order valence-corrected chi connectivity index (χ3v) is 6.90. The number of anilines is 1. The van der Waals surface area contributed by atoms with Crippen LogP contribution >= 0.6 is 12.2 Å². The van der Waals surface area contributed by atoms with Gasteiger partial charge in [0, 0.05) is 47.4 Å². The van der Waals surface area contributed by atoms with Crippen LogP contribution in [0.4, 0.5) is 14.5 Å². The highest BCUT2D eigenvalue weighted by atomic mass is 32.1. The number of fused-ring (bicyclic) bond motifs is 2. The van der Waals surface area contributed by atoms with E-state index in [1.54, 1.807) is 19.2 Å². The summed E-state index contributed by atoms with van der Waals surface area (Å²) < 4.78 is 46.6. The zero-order valence-electron chi connectivity index (χ0n) is 22.4. The highest BCUT2D eigenvalue weighted by Crippen LogP contribution is 2.42. The van der Waals surface area contributed by atoms with Gasteiger partial charge in [0.2, 0.25) is 5.43 Å². The molecule has 0 atom stereocenters.